The van der Waals surface area contributed by atoms with Crippen molar-refractivity contribution in [1.82, 2.24) is 20.0 Å². The lowest BCUT2D eigenvalue weighted by atomic mass is 9.95. The highest BCUT2D eigenvalue weighted by Crippen LogP contribution is 2.59. The van der Waals surface area contributed by atoms with Gasteiger partial charge in [-0.3, -0.25) is 23.7 Å². The monoisotopic (exact) mass is 680 g/mol. The Morgan fingerprint density at radius 1 is 1.00 bits per heavy atom. The van der Waals surface area contributed by atoms with E-state index in [0.29, 0.717) is 56.1 Å². The summed E-state index contributed by atoms with van der Waals surface area (Å²) >= 11 is 1.02. The number of nitrogens with one attached hydrogen (secondary N) is 1. The zero-order chi connectivity index (χ0) is 32.7. The number of benzene rings is 1. The van der Waals surface area contributed by atoms with Crippen molar-refractivity contribution in [1.29, 1.82) is 0 Å². The van der Waals surface area contributed by atoms with E-state index in [2.05, 4.69) is 5.32 Å². The van der Waals surface area contributed by atoms with Crippen LogP contribution in [0.15, 0.2) is 24.3 Å². The lowest BCUT2D eigenvalue weighted by Gasteiger charge is -2.46. The summed E-state index contributed by atoms with van der Waals surface area (Å²) in [5.41, 5.74) is -5.24. The Balaban J connectivity index is 1.04. The predicted octanol–water partition coefficient (Wildman–Crippen LogP) is 2.33. The van der Waals surface area contributed by atoms with Gasteiger partial charge in [-0.05, 0) is 67.5 Å². The average molecular weight is 681 g/mol. The molecule has 46 heavy (non-hydrogen) atoms. The summed E-state index contributed by atoms with van der Waals surface area (Å²) in [7, 11) is -4.15. The lowest BCUT2D eigenvalue weighted by Crippen LogP contribution is -2.64. The maximum absolute atomic E-state index is 14.3. The molecule has 0 unspecified atom stereocenters. The molecule has 4 saturated heterocycles. The SMILES string of the molecule is COC1CN(C(=O)C2CN(C(=O)[C@@H]3CC[C@@H]4C[C@H]5C[C@H]5C[C@H](NC(=O)c5cc6cc(C(F)(F)P(=O)(O)O)ccc6s5)C(=O)N43)C2)C1. The highest BCUT2D eigenvalue weighted by molar-refractivity contribution is 7.52. The topological polar surface area (TPSA) is 157 Å². The zero-order valence-corrected chi connectivity index (χ0v) is 26.7. The Bertz CT molecular complexity index is 1650. The summed E-state index contributed by atoms with van der Waals surface area (Å²) in [5, 5.41) is 3.07. The predicted molar refractivity (Wildman–Crippen MR) is 161 cm³/mol. The zero-order valence-electron chi connectivity index (χ0n) is 25.0. The van der Waals surface area contributed by atoms with Crippen LogP contribution in [0.3, 0.4) is 0 Å². The molecular formula is C30H35F2N4O8PS. The number of carbonyl (C=O) groups excluding carboxylic acids is 4. The van der Waals surface area contributed by atoms with Crippen molar-refractivity contribution in [2.75, 3.05) is 33.3 Å². The van der Waals surface area contributed by atoms with Crippen LogP contribution in [-0.4, -0.2) is 106 Å². The van der Waals surface area contributed by atoms with Crippen molar-refractivity contribution >= 4 is 52.6 Å². The first-order valence-electron chi connectivity index (χ1n) is 15.5. The summed E-state index contributed by atoms with van der Waals surface area (Å²) in [6.07, 6.45) is 3.44. The Hall–Kier alpha value is -2.97. The third-order valence-electron chi connectivity index (χ3n) is 10.3. The number of likely N-dealkylation sites (tertiary alicyclic amines) is 2. The molecule has 5 aliphatic rings. The fourth-order valence-electron chi connectivity index (χ4n) is 7.42. The van der Waals surface area contributed by atoms with Crippen molar-refractivity contribution < 1.29 is 47.0 Å². The molecule has 3 N–H and O–H groups in total. The Morgan fingerprint density at radius 3 is 2.39 bits per heavy atom. The number of nitrogens with zero attached hydrogens (tertiary/aromatic N) is 3. The summed E-state index contributed by atoms with van der Waals surface area (Å²) in [6, 6.07) is 2.88. The molecule has 1 saturated carbocycles. The van der Waals surface area contributed by atoms with Gasteiger partial charge in [0.05, 0.1) is 16.9 Å². The number of amides is 4. The molecule has 1 aromatic carbocycles. The molecule has 5 atom stereocenters. The number of thiophene rings is 1. The molecule has 16 heteroatoms. The van der Waals surface area contributed by atoms with Crippen molar-refractivity contribution in [2.24, 2.45) is 17.8 Å². The first kappa shape index (κ1) is 31.6. The Kier molecular flexibility index (Phi) is 7.79. The third-order valence-corrected chi connectivity index (χ3v) is 12.4. The molecule has 248 valence electrons. The van der Waals surface area contributed by atoms with Crippen molar-refractivity contribution in [3.63, 3.8) is 0 Å². The molecule has 4 amide bonds. The number of hydrogen-bond acceptors (Lipinski definition) is 7. The molecule has 0 radical (unpaired) electrons. The van der Waals surface area contributed by atoms with Gasteiger partial charge in [0.25, 0.3) is 5.91 Å². The maximum Gasteiger partial charge on any atom is 0.399 e. The van der Waals surface area contributed by atoms with Gasteiger partial charge in [0, 0.05) is 49.6 Å². The largest absolute Gasteiger partial charge is 0.399 e. The van der Waals surface area contributed by atoms with E-state index < -0.39 is 36.8 Å². The van der Waals surface area contributed by atoms with Crippen LogP contribution < -0.4 is 5.32 Å². The number of fused-ring (bicyclic) bond motifs is 3. The fraction of sp³-hybridized carbons (Fsp3) is 0.600. The molecule has 12 nitrogen and oxygen atoms in total. The smallest absolute Gasteiger partial charge is 0.378 e. The van der Waals surface area contributed by atoms with Gasteiger partial charge in [-0.1, -0.05) is 6.07 Å². The highest BCUT2D eigenvalue weighted by atomic mass is 32.1. The molecule has 5 fully saturated rings. The van der Waals surface area contributed by atoms with E-state index in [-0.39, 0.29) is 52.0 Å². The number of hydrogen-bond donors (Lipinski definition) is 3. The Labute approximate surface area is 267 Å². The average Bonchev–Trinajstić information content (AvgIpc) is 3.32. The Morgan fingerprint density at radius 2 is 1.70 bits per heavy atom. The first-order chi connectivity index (χ1) is 21.7. The molecule has 2 aromatic rings. The van der Waals surface area contributed by atoms with Crippen LogP contribution in [0.4, 0.5) is 8.78 Å². The van der Waals surface area contributed by atoms with E-state index in [9.17, 15) is 32.5 Å². The maximum atomic E-state index is 14.3. The van der Waals surface area contributed by atoms with Crippen molar-refractivity contribution in [3.8, 4) is 0 Å². The number of alkyl halides is 2. The van der Waals surface area contributed by atoms with Crippen LogP contribution in [0.2, 0.25) is 0 Å². The van der Waals surface area contributed by atoms with Gasteiger partial charge in [0.1, 0.15) is 12.1 Å². The molecule has 7 rings (SSSR count). The number of halogens is 2. The van der Waals surface area contributed by atoms with Gasteiger partial charge in [-0.25, -0.2) is 0 Å². The number of carbonyl (C=O) groups is 4. The number of methoxy groups -OCH3 is 1. The minimum Gasteiger partial charge on any atom is -0.378 e. The van der Waals surface area contributed by atoms with E-state index in [4.69, 9.17) is 14.5 Å². The van der Waals surface area contributed by atoms with Crippen LogP contribution >= 0.6 is 18.9 Å². The van der Waals surface area contributed by atoms with Crippen LogP contribution in [0.1, 0.15) is 47.3 Å². The highest BCUT2D eigenvalue weighted by Gasteiger charge is 2.53. The second-order valence-corrected chi connectivity index (χ2v) is 16.0. The summed E-state index contributed by atoms with van der Waals surface area (Å²) in [4.78, 5) is 77.3. The summed E-state index contributed by atoms with van der Waals surface area (Å²) in [5.74, 6) is -0.614. The van der Waals surface area contributed by atoms with Crippen LogP contribution in [0, 0.1) is 17.8 Å². The minimum atomic E-state index is -5.76. The van der Waals surface area contributed by atoms with Gasteiger partial charge in [-0.2, -0.15) is 8.78 Å². The fourth-order valence-corrected chi connectivity index (χ4v) is 8.84. The van der Waals surface area contributed by atoms with Crippen molar-refractivity contribution in [2.45, 2.75) is 62.0 Å². The van der Waals surface area contributed by atoms with Gasteiger partial charge in [0.2, 0.25) is 17.7 Å². The van der Waals surface area contributed by atoms with Gasteiger partial charge >= 0.3 is 13.3 Å². The van der Waals surface area contributed by atoms with Crippen LogP contribution in [0.25, 0.3) is 10.1 Å². The molecule has 5 heterocycles. The van der Waals surface area contributed by atoms with Crippen LogP contribution in [-0.2, 0) is 29.3 Å². The van der Waals surface area contributed by atoms with Crippen LogP contribution in [0.5, 0.6) is 0 Å². The molecule has 0 spiro atoms. The van der Waals surface area contributed by atoms with Gasteiger partial charge < -0.3 is 34.5 Å². The summed E-state index contributed by atoms with van der Waals surface area (Å²) in [6.45, 7) is 1.73. The van der Waals surface area contributed by atoms with E-state index >= 15 is 0 Å². The standard InChI is InChI=1S/C30H35F2N4O8PS/c1-44-21-13-35(14-21)27(38)18-11-34(12-18)29(40)23-4-3-20-8-15-6-16(15)9-22(28(39)36(20)23)33-26(37)25-10-17-7-19(2-5-24(17)46-25)30(31,32)45(41,42)43/h2,5,7,10,15-16,18,20-23H,3-4,6,8-9,11-14H2,1H3,(H,33,37)(H2,41,42,43)/t15-,16+,20-,22+,23+/m1/s1. The van der Waals surface area contributed by atoms with E-state index in [1.54, 1.807) is 21.8 Å². The van der Waals surface area contributed by atoms with Gasteiger partial charge in [0.15, 0.2) is 0 Å². The molecule has 1 aromatic heterocycles. The normalized spacial score (nSPS) is 28.6. The summed E-state index contributed by atoms with van der Waals surface area (Å²) < 4.78 is 45.6. The van der Waals surface area contributed by atoms with E-state index in [1.807, 2.05) is 0 Å². The quantitative estimate of drug-likeness (QED) is 0.377. The first-order valence-corrected chi connectivity index (χ1v) is 17.9. The number of rotatable bonds is 7. The second kappa shape index (κ2) is 11.3. The molecule has 4 aliphatic heterocycles. The minimum absolute atomic E-state index is 0.0134. The second-order valence-electron chi connectivity index (χ2n) is 13.2. The molecular weight excluding hydrogens is 645 g/mol. The van der Waals surface area contributed by atoms with E-state index in [0.717, 1.165) is 36.3 Å². The molecule has 0 bridgehead atoms. The number of ether oxygens (including phenoxy) is 1. The van der Waals surface area contributed by atoms with Crippen molar-refractivity contribution in [3.05, 3.63) is 34.7 Å². The van der Waals surface area contributed by atoms with Gasteiger partial charge in [-0.15, -0.1) is 11.3 Å². The molecule has 1 aliphatic carbocycles. The lowest BCUT2D eigenvalue weighted by molar-refractivity contribution is -0.160. The third kappa shape index (κ3) is 5.43. The van der Waals surface area contributed by atoms with E-state index in [1.165, 1.54) is 12.1 Å².